The Bertz CT molecular complexity index is 1660. The summed E-state index contributed by atoms with van der Waals surface area (Å²) in [6.45, 7) is 6.74. The Morgan fingerprint density at radius 1 is 0.957 bits per heavy atom. The molecule has 8 aliphatic rings. The van der Waals surface area contributed by atoms with Gasteiger partial charge in [-0.15, -0.1) is 0 Å². The van der Waals surface area contributed by atoms with Crippen LogP contribution < -0.4 is 0 Å². The average Bonchev–Trinajstić information content (AvgIpc) is 3.69. The third-order valence-electron chi connectivity index (χ3n) is 13.5. The molecule has 254 valence electrons. The van der Waals surface area contributed by atoms with Gasteiger partial charge in [0.1, 0.15) is 53.9 Å². The molecule has 1 aromatic heterocycles. The zero-order valence-corrected chi connectivity index (χ0v) is 26.3. The van der Waals surface area contributed by atoms with Crippen LogP contribution in [0.4, 0.5) is 0 Å². The van der Waals surface area contributed by atoms with Crippen LogP contribution >= 0.6 is 0 Å². The summed E-state index contributed by atoms with van der Waals surface area (Å²) in [4.78, 5) is 52.3. The summed E-state index contributed by atoms with van der Waals surface area (Å²) in [5, 5.41) is 39.3. The molecule has 47 heavy (non-hydrogen) atoms. The number of furan rings is 1. The fourth-order valence-electron chi connectivity index (χ4n) is 12.7. The van der Waals surface area contributed by atoms with E-state index in [0.29, 0.717) is 5.56 Å². The lowest BCUT2D eigenvalue weighted by atomic mass is 9.32. The number of aliphatic hydroxyl groups is 3. The van der Waals surface area contributed by atoms with Crippen molar-refractivity contribution in [3.63, 3.8) is 0 Å². The van der Waals surface area contributed by atoms with Gasteiger partial charge in [0.15, 0.2) is 5.60 Å². The maximum atomic E-state index is 13.7. The Morgan fingerprint density at radius 3 is 2.32 bits per heavy atom. The summed E-state index contributed by atoms with van der Waals surface area (Å²) in [6, 6.07) is 1.57. The maximum absolute atomic E-state index is 13.7. The van der Waals surface area contributed by atoms with Gasteiger partial charge in [0, 0.05) is 44.1 Å². The van der Waals surface area contributed by atoms with Gasteiger partial charge >= 0.3 is 23.9 Å². The summed E-state index contributed by atoms with van der Waals surface area (Å²) in [7, 11) is 0. The van der Waals surface area contributed by atoms with Crippen molar-refractivity contribution in [2.45, 2.75) is 113 Å². The van der Waals surface area contributed by atoms with Crippen molar-refractivity contribution in [1.29, 1.82) is 0 Å². The fraction of sp³-hybridized carbons (Fsp3) is 0.750. The van der Waals surface area contributed by atoms with Crippen LogP contribution in [0.15, 0.2) is 23.0 Å². The Hall–Kier alpha value is -3.08. The van der Waals surface area contributed by atoms with Crippen molar-refractivity contribution >= 4 is 23.9 Å². The zero-order chi connectivity index (χ0) is 33.5. The summed E-state index contributed by atoms with van der Waals surface area (Å²) in [5.41, 5.74) is -12.7. The van der Waals surface area contributed by atoms with Crippen molar-refractivity contribution < 1.29 is 72.1 Å². The number of rotatable bonds is 3. The van der Waals surface area contributed by atoms with Crippen LogP contribution in [-0.4, -0.2) is 98.6 Å². The van der Waals surface area contributed by atoms with Crippen molar-refractivity contribution in [3.05, 3.63) is 24.2 Å². The predicted molar refractivity (Wildman–Crippen MR) is 146 cm³/mol. The van der Waals surface area contributed by atoms with Gasteiger partial charge in [-0.25, -0.2) is 0 Å². The highest BCUT2D eigenvalue weighted by molar-refractivity contribution is 5.75. The number of hydrogen-bond donors (Lipinski definition) is 3. The SMILES string of the molecule is CC(=O)O[C@H]1[C@@H](O)[C@@]23O[C@@]4(C)O[C@]2([C@@H]2CC(=O)O[C@@H](c5ccoc5)[C@@]21C)[C@H](O)[C@@]1(O)[C@@H](OC(C)=O)[C@]2(C)C[C@@]1(O4)[C@]31COC(=O)C[C@@H]21. The van der Waals surface area contributed by atoms with Gasteiger partial charge in [-0.2, -0.15) is 0 Å². The number of fused-ring (bicyclic) bond motifs is 4. The highest BCUT2D eigenvalue weighted by Gasteiger charge is 3.06. The van der Waals surface area contributed by atoms with Crippen LogP contribution in [0.3, 0.4) is 0 Å². The monoisotopic (exact) mass is 660 g/mol. The Kier molecular flexibility index (Phi) is 5.23. The Balaban J connectivity index is 1.41. The highest BCUT2D eigenvalue weighted by atomic mass is 16.9. The second-order valence-electron chi connectivity index (χ2n) is 15.3. The maximum Gasteiger partial charge on any atom is 0.306 e. The smallest absolute Gasteiger partial charge is 0.306 e. The normalized spacial score (nSPS) is 57.4. The molecule has 0 unspecified atom stereocenters. The van der Waals surface area contributed by atoms with E-state index in [0.717, 1.165) is 0 Å². The fourth-order valence-corrected chi connectivity index (χ4v) is 12.7. The standard InChI is InChI=1S/C32H36O15/c1-13(33)42-22-20(37)32-28-12-41-18(35)8-16(28)25(3)11-29(28)30(39,24(25)43-14(2)34)23(38)31(32,46-27(5,45-29)47-32)17-9-19(36)44-21(26(17,22)4)15-6-7-40-10-15/h6-7,10,16-17,20-24,37-39H,8-9,11-12H2,1-5H3/t16-,17+,20+,21-,22-,23+,24-,25+,26+,27+,28+,29+,30+,31+,32-/m0/s1. The van der Waals surface area contributed by atoms with Gasteiger partial charge in [0.05, 0.1) is 29.8 Å². The Morgan fingerprint density at radius 2 is 1.66 bits per heavy atom. The van der Waals surface area contributed by atoms with Crippen LogP contribution in [0.1, 0.15) is 65.5 Å². The molecular formula is C32H36O15. The number of esters is 4. The molecule has 5 heterocycles. The van der Waals surface area contributed by atoms with E-state index < -0.39 is 124 Å². The van der Waals surface area contributed by atoms with Crippen molar-refractivity contribution in [3.8, 4) is 0 Å². The topological polar surface area (TPSA) is 207 Å². The second kappa shape index (κ2) is 8.20. The lowest BCUT2D eigenvalue weighted by molar-refractivity contribution is -0.500. The molecule has 3 spiro atoms. The first-order chi connectivity index (χ1) is 22.0. The molecule has 4 aliphatic carbocycles. The molecule has 4 saturated carbocycles. The van der Waals surface area contributed by atoms with Crippen LogP contribution in [0.5, 0.6) is 0 Å². The molecule has 1 aromatic rings. The average molecular weight is 661 g/mol. The Labute approximate surface area is 267 Å². The summed E-state index contributed by atoms with van der Waals surface area (Å²) < 4.78 is 49.3. The molecule has 3 N–H and O–H groups in total. The molecular weight excluding hydrogens is 624 g/mol. The van der Waals surface area contributed by atoms with E-state index in [1.807, 2.05) is 0 Å². The van der Waals surface area contributed by atoms with Crippen LogP contribution in [-0.2, 0) is 52.3 Å². The minimum atomic E-state index is -2.43. The number of ether oxygens (including phenoxy) is 7. The molecule has 4 aliphatic heterocycles. The van der Waals surface area contributed by atoms with E-state index in [-0.39, 0.29) is 12.8 Å². The third-order valence-corrected chi connectivity index (χ3v) is 13.5. The molecule has 4 bridgehead atoms. The minimum Gasteiger partial charge on any atom is -0.472 e. The van der Waals surface area contributed by atoms with Crippen LogP contribution in [0, 0.1) is 28.1 Å². The number of cyclic esters (lactones) is 2. The van der Waals surface area contributed by atoms with E-state index >= 15 is 0 Å². The van der Waals surface area contributed by atoms with Gasteiger partial charge < -0.3 is 52.9 Å². The second-order valence-corrected chi connectivity index (χ2v) is 15.3. The summed E-state index contributed by atoms with van der Waals surface area (Å²) in [5.74, 6) is -6.89. The molecule has 9 rings (SSSR count). The van der Waals surface area contributed by atoms with Gasteiger partial charge in [-0.3, -0.25) is 19.2 Å². The van der Waals surface area contributed by atoms with E-state index in [1.165, 1.54) is 33.3 Å². The number of carbonyl (C=O) groups is 4. The third kappa shape index (κ3) is 2.67. The first kappa shape index (κ1) is 30.0. The van der Waals surface area contributed by atoms with E-state index in [2.05, 4.69) is 0 Å². The molecule has 4 saturated heterocycles. The quantitative estimate of drug-likeness (QED) is 0.292. The molecule has 15 nitrogen and oxygen atoms in total. The molecule has 15 heteroatoms. The molecule has 8 fully saturated rings. The molecule has 15 atom stereocenters. The largest absolute Gasteiger partial charge is 0.472 e. The van der Waals surface area contributed by atoms with Crippen molar-refractivity contribution in [2.24, 2.45) is 28.1 Å². The van der Waals surface area contributed by atoms with Crippen molar-refractivity contribution in [2.75, 3.05) is 6.61 Å². The number of hydrogen-bond acceptors (Lipinski definition) is 15. The van der Waals surface area contributed by atoms with E-state index in [9.17, 15) is 34.5 Å². The van der Waals surface area contributed by atoms with E-state index in [1.54, 1.807) is 19.9 Å². The van der Waals surface area contributed by atoms with Gasteiger partial charge in [-0.05, 0) is 18.4 Å². The van der Waals surface area contributed by atoms with Gasteiger partial charge in [0.2, 0.25) is 0 Å². The lowest BCUT2D eigenvalue weighted by Gasteiger charge is -2.78. The van der Waals surface area contributed by atoms with Crippen LogP contribution in [0.2, 0.25) is 0 Å². The van der Waals surface area contributed by atoms with Crippen LogP contribution in [0.25, 0.3) is 0 Å². The first-order valence-corrected chi connectivity index (χ1v) is 15.9. The van der Waals surface area contributed by atoms with Gasteiger partial charge in [0.25, 0.3) is 5.97 Å². The molecule has 0 aromatic carbocycles. The van der Waals surface area contributed by atoms with E-state index in [4.69, 9.17) is 37.6 Å². The lowest BCUT2D eigenvalue weighted by Crippen LogP contribution is -2.98. The molecule has 0 amide bonds. The zero-order valence-electron chi connectivity index (χ0n) is 26.3. The highest BCUT2D eigenvalue weighted by Crippen LogP contribution is 2.90. The number of carbonyl (C=O) groups excluding carboxylic acids is 4. The molecule has 0 radical (unpaired) electrons. The minimum absolute atomic E-state index is 0.0421. The summed E-state index contributed by atoms with van der Waals surface area (Å²) in [6.07, 6.45) is -5.95. The summed E-state index contributed by atoms with van der Waals surface area (Å²) >= 11 is 0. The van der Waals surface area contributed by atoms with Crippen molar-refractivity contribution in [1.82, 2.24) is 0 Å². The number of aliphatic hydroxyl groups excluding tert-OH is 2. The predicted octanol–water partition coefficient (Wildman–Crippen LogP) is 0.174. The first-order valence-electron chi connectivity index (χ1n) is 15.9. The van der Waals surface area contributed by atoms with Gasteiger partial charge in [-0.1, -0.05) is 13.8 Å².